The van der Waals surface area contributed by atoms with E-state index in [-0.39, 0.29) is 0 Å². The van der Waals surface area contributed by atoms with Gasteiger partial charge in [-0.2, -0.15) is 0 Å². The summed E-state index contributed by atoms with van der Waals surface area (Å²) in [5.74, 6) is 0. The number of ether oxygens (including phenoxy) is 1. The molecule has 1 heterocycles. The van der Waals surface area contributed by atoms with Gasteiger partial charge in [0, 0.05) is 43.0 Å². The van der Waals surface area contributed by atoms with Gasteiger partial charge in [0.15, 0.2) is 0 Å². The van der Waals surface area contributed by atoms with Gasteiger partial charge < -0.3 is 15.0 Å². The second-order valence-corrected chi connectivity index (χ2v) is 5.87. The molecule has 0 radical (unpaired) electrons. The fourth-order valence-corrected chi connectivity index (χ4v) is 2.66. The summed E-state index contributed by atoms with van der Waals surface area (Å²) in [5.41, 5.74) is 1.44. The van der Waals surface area contributed by atoms with E-state index in [1.807, 2.05) is 11.3 Å². The molecule has 98 valence electrons. The summed E-state index contributed by atoms with van der Waals surface area (Å²) in [7, 11) is 3.87. The van der Waals surface area contributed by atoms with Crippen molar-refractivity contribution in [1.82, 2.24) is 10.2 Å². The van der Waals surface area contributed by atoms with Gasteiger partial charge in [0.25, 0.3) is 0 Å². The molecule has 0 fully saturated rings. The molecule has 0 spiro atoms. The molecule has 0 aliphatic carbocycles. The standard InChI is InChI=1S/C13H24N2OS/c1-11-9-13(12(2)17-11)10-14-5-6-15(3)7-8-16-4/h9,14H,5-8,10H2,1-4H3. The molecule has 0 aromatic carbocycles. The highest BCUT2D eigenvalue weighted by Crippen LogP contribution is 2.19. The first-order valence-corrected chi connectivity index (χ1v) is 6.89. The lowest BCUT2D eigenvalue weighted by molar-refractivity contribution is 0.161. The summed E-state index contributed by atoms with van der Waals surface area (Å²) < 4.78 is 5.05. The Kier molecular flexibility index (Phi) is 6.73. The van der Waals surface area contributed by atoms with Gasteiger partial charge in [-0.15, -0.1) is 11.3 Å². The third-order valence-corrected chi connectivity index (χ3v) is 3.81. The van der Waals surface area contributed by atoms with Crippen LogP contribution in [-0.4, -0.2) is 45.3 Å². The van der Waals surface area contributed by atoms with Crippen LogP contribution in [0, 0.1) is 13.8 Å². The van der Waals surface area contributed by atoms with Crippen molar-refractivity contribution in [2.24, 2.45) is 0 Å². The Balaban J connectivity index is 2.14. The minimum atomic E-state index is 0.805. The molecule has 0 saturated carbocycles. The van der Waals surface area contributed by atoms with Crippen molar-refractivity contribution >= 4 is 11.3 Å². The molecule has 0 aliphatic rings. The maximum Gasteiger partial charge on any atom is 0.0589 e. The summed E-state index contributed by atoms with van der Waals surface area (Å²) in [6.45, 7) is 9.22. The third-order valence-electron chi connectivity index (χ3n) is 2.81. The van der Waals surface area contributed by atoms with Gasteiger partial charge in [-0.1, -0.05) is 0 Å². The van der Waals surface area contributed by atoms with E-state index < -0.39 is 0 Å². The maximum atomic E-state index is 5.05. The largest absolute Gasteiger partial charge is 0.383 e. The Hall–Kier alpha value is -0.420. The number of rotatable bonds is 8. The van der Waals surface area contributed by atoms with Crippen molar-refractivity contribution in [3.63, 3.8) is 0 Å². The van der Waals surface area contributed by atoms with E-state index in [1.165, 1.54) is 15.3 Å². The molecule has 0 aliphatic heterocycles. The summed E-state index contributed by atoms with van der Waals surface area (Å²) >= 11 is 1.88. The lowest BCUT2D eigenvalue weighted by atomic mass is 10.2. The van der Waals surface area contributed by atoms with Gasteiger partial charge in [-0.3, -0.25) is 0 Å². The Morgan fingerprint density at radius 2 is 2.12 bits per heavy atom. The number of nitrogens with zero attached hydrogens (tertiary/aromatic N) is 1. The number of hydrogen-bond acceptors (Lipinski definition) is 4. The van der Waals surface area contributed by atoms with Crippen LogP contribution in [0.25, 0.3) is 0 Å². The monoisotopic (exact) mass is 256 g/mol. The van der Waals surface area contributed by atoms with Crippen molar-refractivity contribution in [2.45, 2.75) is 20.4 Å². The number of aryl methyl sites for hydroxylation is 2. The summed E-state index contributed by atoms with van der Waals surface area (Å²) in [5, 5.41) is 3.49. The van der Waals surface area contributed by atoms with E-state index in [2.05, 4.69) is 37.2 Å². The van der Waals surface area contributed by atoms with Crippen LogP contribution in [0.3, 0.4) is 0 Å². The summed E-state index contributed by atoms with van der Waals surface area (Å²) in [6, 6.07) is 2.28. The Bertz CT molecular complexity index is 325. The van der Waals surface area contributed by atoms with Crippen molar-refractivity contribution in [3.8, 4) is 0 Å². The maximum absolute atomic E-state index is 5.05. The number of nitrogens with one attached hydrogen (secondary N) is 1. The van der Waals surface area contributed by atoms with E-state index in [0.717, 1.165) is 32.8 Å². The highest BCUT2D eigenvalue weighted by atomic mass is 32.1. The average molecular weight is 256 g/mol. The first-order valence-electron chi connectivity index (χ1n) is 6.07. The van der Waals surface area contributed by atoms with Gasteiger partial charge in [0.1, 0.15) is 0 Å². The minimum Gasteiger partial charge on any atom is -0.383 e. The quantitative estimate of drug-likeness (QED) is 0.720. The highest BCUT2D eigenvalue weighted by Gasteiger charge is 2.02. The van der Waals surface area contributed by atoms with E-state index in [1.54, 1.807) is 7.11 Å². The molecule has 3 nitrogen and oxygen atoms in total. The van der Waals surface area contributed by atoms with Crippen LogP contribution >= 0.6 is 11.3 Å². The number of thiophene rings is 1. The van der Waals surface area contributed by atoms with Crippen molar-refractivity contribution in [2.75, 3.05) is 40.4 Å². The zero-order valence-electron chi connectivity index (χ0n) is 11.4. The van der Waals surface area contributed by atoms with Crippen LogP contribution in [0.2, 0.25) is 0 Å². The second-order valence-electron chi connectivity index (χ2n) is 4.41. The Morgan fingerprint density at radius 3 is 2.71 bits per heavy atom. The van der Waals surface area contributed by atoms with E-state index in [0.29, 0.717) is 0 Å². The van der Waals surface area contributed by atoms with Crippen LogP contribution in [0.15, 0.2) is 6.07 Å². The van der Waals surface area contributed by atoms with Crippen molar-refractivity contribution in [1.29, 1.82) is 0 Å². The predicted octanol–water partition coefficient (Wildman–Crippen LogP) is 2.03. The molecule has 1 rings (SSSR count). The average Bonchev–Trinajstić information content (AvgIpc) is 2.60. The Morgan fingerprint density at radius 1 is 1.35 bits per heavy atom. The molecule has 0 amide bonds. The van der Waals surface area contributed by atoms with E-state index in [9.17, 15) is 0 Å². The third kappa shape index (κ3) is 5.64. The molecule has 17 heavy (non-hydrogen) atoms. The molecule has 0 bridgehead atoms. The van der Waals surface area contributed by atoms with Gasteiger partial charge in [-0.25, -0.2) is 0 Å². The zero-order valence-corrected chi connectivity index (χ0v) is 12.2. The van der Waals surface area contributed by atoms with Gasteiger partial charge in [-0.05, 0) is 32.5 Å². The molecule has 1 N–H and O–H groups in total. The first-order chi connectivity index (χ1) is 8.13. The van der Waals surface area contributed by atoms with Crippen LogP contribution in [0.4, 0.5) is 0 Å². The zero-order chi connectivity index (χ0) is 12.7. The fourth-order valence-electron chi connectivity index (χ4n) is 1.71. The fraction of sp³-hybridized carbons (Fsp3) is 0.692. The highest BCUT2D eigenvalue weighted by molar-refractivity contribution is 7.12. The molecular weight excluding hydrogens is 232 g/mol. The number of hydrogen-bond donors (Lipinski definition) is 1. The summed E-state index contributed by atoms with van der Waals surface area (Å²) in [4.78, 5) is 5.11. The normalized spacial score (nSPS) is 11.4. The number of likely N-dealkylation sites (N-methyl/N-ethyl adjacent to an activating group) is 1. The lowest BCUT2D eigenvalue weighted by Crippen LogP contribution is -2.31. The first kappa shape index (κ1) is 14.6. The second kappa shape index (κ2) is 7.82. The molecule has 1 aromatic heterocycles. The van der Waals surface area contributed by atoms with Crippen LogP contribution in [0.1, 0.15) is 15.3 Å². The van der Waals surface area contributed by atoms with Gasteiger partial charge >= 0.3 is 0 Å². The van der Waals surface area contributed by atoms with E-state index >= 15 is 0 Å². The molecule has 0 saturated heterocycles. The molecule has 1 aromatic rings. The number of methoxy groups -OCH3 is 1. The van der Waals surface area contributed by atoms with Crippen LogP contribution < -0.4 is 5.32 Å². The van der Waals surface area contributed by atoms with Crippen molar-refractivity contribution in [3.05, 3.63) is 21.4 Å². The van der Waals surface area contributed by atoms with Crippen LogP contribution in [0.5, 0.6) is 0 Å². The summed E-state index contributed by atoms with van der Waals surface area (Å²) in [6.07, 6.45) is 0. The van der Waals surface area contributed by atoms with E-state index in [4.69, 9.17) is 4.74 Å². The topological polar surface area (TPSA) is 24.5 Å². The molecule has 0 atom stereocenters. The molecule has 0 unspecified atom stereocenters. The minimum absolute atomic E-state index is 0.805. The molecular formula is C13H24N2OS. The van der Waals surface area contributed by atoms with Crippen molar-refractivity contribution < 1.29 is 4.74 Å². The van der Waals surface area contributed by atoms with Crippen LogP contribution in [-0.2, 0) is 11.3 Å². The lowest BCUT2D eigenvalue weighted by Gasteiger charge is -2.16. The van der Waals surface area contributed by atoms with Gasteiger partial charge in [0.05, 0.1) is 6.61 Å². The SMILES string of the molecule is COCCN(C)CCNCc1cc(C)sc1C. The molecule has 4 heteroatoms. The predicted molar refractivity (Wildman–Crippen MR) is 74.9 cm³/mol. The smallest absolute Gasteiger partial charge is 0.0589 e. The van der Waals surface area contributed by atoms with Gasteiger partial charge in [0.2, 0.25) is 0 Å². The Labute approximate surface area is 109 Å².